The summed E-state index contributed by atoms with van der Waals surface area (Å²) in [6.07, 6.45) is 0. The van der Waals surface area contributed by atoms with Gasteiger partial charge in [0, 0.05) is 13.6 Å². The van der Waals surface area contributed by atoms with Crippen LogP contribution >= 0.6 is 0 Å². The molecule has 0 spiro atoms. The Kier molecular flexibility index (Phi) is 1.76. The Morgan fingerprint density at radius 1 is 1.40 bits per heavy atom. The highest BCUT2D eigenvalue weighted by atomic mass is 32.2. The van der Waals surface area contributed by atoms with E-state index in [0.29, 0.717) is 6.54 Å². The van der Waals surface area contributed by atoms with Gasteiger partial charge < -0.3 is 0 Å². The second-order valence-corrected chi connectivity index (χ2v) is 5.40. The number of hydrogen-bond acceptors (Lipinski definition) is 2. The van der Waals surface area contributed by atoms with Crippen LogP contribution in [0.5, 0.6) is 0 Å². The minimum atomic E-state index is -2.92. The Morgan fingerprint density at radius 2 is 1.90 bits per heavy atom. The summed E-state index contributed by atoms with van der Waals surface area (Å²) in [5, 5.41) is -0.197. The van der Waals surface area contributed by atoms with Gasteiger partial charge in [0.25, 0.3) is 0 Å². The van der Waals surface area contributed by atoms with E-state index in [-0.39, 0.29) is 11.2 Å². The first-order valence-electron chi connectivity index (χ1n) is 3.41. The Balaban J connectivity index is 2.97. The molecule has 0 aliphatic carbocycles. The molecule has 1 fully saturated rings. The normalized spacial score (nSPS) is 40.3. The van der Waals surface area contributed by atoms with Gasteiger partial charge in [-0.1, -0.05) is 6.92 Å². The third kappa shape index (κ3) is 0.953. The van der Waals surface area contributed by atoms with E-state index >= 15 is 0 Å². The largest absolute Gasteiger partial charge is 0.216 e. The number of rotatable bonds is 0. The molecule has 60 valence electrons. The molecule has 1 rings (SSSR count). The zero-order chi connectivity index (χ0) is 7.94. The third-order valence-electron chi connectivity index (χ3n) is 2.25. The minimum absolute atomic E-state index is 0.197. The summed E-state index contributed by atoms with van der Waals surface area (Å²) >= 11 is 0. The topological polar surface area (TPSA) is 37.4 Å². The molecule has 0 saturated carbocycles. The molecule has 2 unspecified atom stereocenters. The highest BCUT2D eigenvalue weighted by Gasteiger charge is 2.38. The molecule has 0 aromatic heterocycles. The lowest BCUT2D eigenvalue weighted by Crippen LogP contribution is -2.24. The van der Waals surface area contributed by atoms with Crippen LogP contribution in [0.4, 0.5) is 0 Å². The van der Waals surface area contributed by atoms with Crippen molar-refractivity contribution in [2.45, 2.75) is 19.1 Å². The summed E-state index contributed by atoms with van der Waals surface area (Å²) in [6, 6.07) is 0. The monoisotopic (exact) mass is 163 g/mol. The van der Waals surface area contributed by atoms with Crippen molar-refractivity contribution in [2.24, 2.45) is 5.92 Å². The lowest BCUT2D eigenvalue weighted by Gasteiger charge is -2.07. The van der Waals surface area contributed by atoms with E-state index in [1.165, 1.54) is 4.31 Å². The van der Waals surface area contributed by atoms with Crippen LogP contribution in [0.2, 0.25) is 0 Å². The predicted octanol–water partition coefficient (Wildman–Crippen LogP) is 0.286. The fraction of sp³-hybridized carbons (Fsp3) is 1.00. The van der Waals surface area contributed by atoms with Gasteiger partial charge in [0.1, 0.15) is 0 Å². The predicted molar refractivity (Wildman–Crippen MR) is 40.2 cm³/mol. The second-order valence-electron chi connectivity index (χ2n) is 3.01. The molecule has 0 aromatic carbocycles. The van der Waals surface area contributed by atoms with E-state index in [2.05, 4.69) is 0 Å². The minimum Gasteiger partial charge on any atom is -0.212 e. The Morgan fingerprint density at radius 3 is 2.00 bits per heavy atom. The molecule has 1 saturated heterocycles. The fourth-order valence-electron chi connectivity index (χ4n) is 1.24. The van der Waals surface area contributed by atoms with Crippen molar-refractivity contribution in [3.63, 3.8) is 0 Å². The number of hydrogen-bond donors (Lipinski definition) is 0. The fourth-order valence-corrected chi connectivity index (χ4v) is 2.92. The van der Waals surface area contributed by atoms with E-state index < -0.39 is 10.0 Å². The lowest BCUT2D eigenvalue weighted by atomic mass is 10.1. The van der Waals surface area contributed by atoms with Gasteiger partial charge in [0.05, 0.1) is 5.25 Å². The zero-order valence-electron chi connectivity index (χ0n) is 6.53. The molecule has 0 amide bonds. The van der Waals surface area contributed by atoms with Crippen molar-refractivity contribution in [3.05, 3.63) is 0 Å². The molecule has 0 N–H and O–H groups in total. The zero-order valence-corrected chi connectivity index (χ0v) is 7.35. The Bertz CT molecular complexity index is 222. The summed E-state index contributed by atoms with van der Waals surface area (Å²) in [5.41, 5.74) is 0. The van der Waals surface area contributed by atoms with E-state index in [9.17, 15) is 8.42 Å². The second kappa shape index (κ2) is 2.20. The van der Waals surface area contributed by atoms with Crippen molar-refractivity contribution < 1.29 is 8.42 Å². The molecule has 4 heteroatoms. The summed E-state index contributed by atoms with van der Waals surface area (Å²) in [7, 11) is -1.29. The quantitative estimate of drug-likeness (QED) is 0.514. The van der Waals surface area contributed by atoms with Gasteiger partial charge >= 0.3 is 0 Å². The SMILES string of the molecule is CC1CN(C)S(=O)(=O)C1C. The molecular weight excluding hydrogens is 150 g/mol. The molecule has 0 radical (unpaired) electrons. The van der Waals surface area contributed by atoms with E-state index in [1.807, 2.05) is 6.92 Å². The Labute approximate surface area is 62.1 Å². The molecule has 0 bridgehead atoms. The van der Waals surface area contributed by atoms with E-state index in [4.69, 9.17) is 0 Å². The van der Waals surface area contributed by atoms with Crippen LogP contribution in [0, 0.1) is 5.92 Å². The maximum Gasteiger partial charge on any atom is 0.216 e. The van der Waals surface area contributed by atoms with Gasteiger partial charge in [-0.05, 0) is 12.8 Å². The summed E-state index contributed by atoms with van der Waals surface area (Å²) in [4.78, 5) is 0. The molecule has 1 aliphatic rings. The van der Waals surface area contributed by atoms with E-state index in [1.54, 1.807) is 14.0 Å². The molecule has 2 atom stereocenters. The van der Waals surface area contributed by atoms with Crippen LogP contribution in [-0.2, 0) is 10.0 Å². The third-order valence-corrected chi connectivity index (χ3v) is 4.67. The first-order valence-corrected chi connectivity index (χ1v) is 4.91. The van der Waals surface area contributed by atoms with Crippen LogP contribution in [-0.4, -0.2) is 31.6 Å². The molecular formula is C6H13NO2S. The average molecular weight is 163 g/mol. The average Bonchev–Trinajstić information content (AvgIpc) is 1.97. The van der Waals surface area contributed by atoms with Gasteiger partial charge in [-0.3, -0.25) is 0 Å². The smallest absolute Gasteiger partial charge is 0.212 e. The van der Waals surface area contributed by atoms with Crippen molar-refractivity contribution in [1.82, 2.24) is 4.31 Å². The maximum atomic E-state index is 11.2. The highest BCUT2D eigenvalue weighted by molar-refractivity contribution is 7.89. The summed E-state index contributed by atoms with van der Waals surface area (Å²) < 4.78 is 23.9. The summed E-state index contributed by atoms with van der Waals surface area (Å²) in [6.45, 7) is 4.40. The molecule has 10 heavy (non-hydrogen) atoms. The maximum absolute atomic E-state index is 11.2. The van der Waals surface area contributed by atoms with Gasteiger partial charge in [0.15, 0.2) is 0 Å². The van der Waals surface area contributed by atoms with Gasteiger partial charge in [0.2, 0.25) is 10.0 Å². The molecule has 0 aromatic rings. The van der Waals surface area contributed by atoms with Crippen LogP contribution in [0.1, 0.15) is 13.8 Å². The number of nitrogens with zero attached hydrogens (tertiary/aromatic N) is 1. The van der Waals surface area contributed by atoms with Crippen LogP contribution in [0.25, 0.3) is 0 Å². The summed E-state index contributed by atoms with van der Waals surface area (Å²) in [5.74, 6) is 0.273. The molecule has 1 aliphatic heterocycles. The van der Waals surface area contributed by atoms with Crippen molar-refractivity contribution in [3.8, 4) is 0 Å². The van der Waals surface area contributed by atoms with Gasteiger partial charge in [-0.15, -0.1) is 0 Å². The van der Waals surface area contributed by atoms with Crippen molar-refractivity contribution in [2.75, 3.05) is 13.6 Å². The van der Waals surface area contributed by atoms with Crippen molar-refractivity contribution >= 4 is 10.0 Å². The first-order chi connectivity index (χ1) is 4.46. The van der Waals surface area contributed by atoms with Crippen molar-refractivity contribution in [1.29, 1.82) is 0 Å². The standard InChI is InChI=1S/C6H13NO2S/c1-5-4-7(3)10(8,9)6(5)2/h5-6H,4H2,1-3H3. The van der Waals surface area contributed by atoms with Gasteiger partial charge in [-0.2, -0.15) is 0 Å². The lowest BCUT2D eigenvalue weighted by molar-refractivity contribution is 0.468. The van der Waals surface area contributed by atoms with Gasteiger partial charge in [-0.25, -0.2) is 12.7 Å². The highest BCUT2D eigenvalue weighted by Crippen LogP contribution is 2.24. The molecule has 3 nitrogen and oxygen atoms in total. The Hall–Kier alpha value is -0.0900. The van der Waals surface area contributed by atoms with E-state index in [0.717, 1.165) is 0 Å². The van der Waals surface area contributed by atoms with Crippen LogP contribution in [0.15, 0.2) is 0 Å². The van der Waals surface area contributed by atoms with Crippen LogP contribution in [0.3, 0.4) is 0 Å². The first kappa shape index (κ1) is 8.01. The number of sulfonamides is 1. The van der Waals surface area contributed by atoms with Crippen LogP contribution < -0.4 is 0 Å². The molecule has 1 heterocycles.